The average Bonchev–Trinajstić information content (AvgIpc) is 2.89. The zero-order valence-corrected chi connectivity index (χ0v) is 10.7. The molecule has 0 radical (unpaired) electrons. The number of hydrogen-bond donors (Lipinski definition) is 2. The molecule has 4 nitrogen and oxygen atoms in total. The van der Waals surface area contributed by atoms with Crippen LogP contribution in [0.3, 0.4) is 0 Å². The average molecular weight is 248 g/mol. The van der Waals surface area contributed by atoms with E-state index in [0.717, 1.165) is 31.7 Å². The molecule has 1 atom stereocenters. The number of carbonyl (C=O) groups is 1. The number of ether oxygens (including phenoxy) is 1. The highest BCUT2D eigenvalue weighted by Gasteiger charge is 2.17. The number of benzene rings is 1. The van der Waals surface area contributed by atoms with Crippen molar-refractivity contribution in [3.63, 3.8) is 0 Å². The van der Waals surface area contributed by atoms with E-state index in [1.54, 1.807) is 6.07 Å². The number of carbonyl (C=O) groups excluding carboxylic acids is 1. The molecule has 1 aromatic carbocycles. The molecular weight excluding hydrogens is 228 g/mol. The SMILES string of the molecule is CCCOc1cccc(C(=O)N[C@H]2CCNC2)c1. The van der Waals surface area contributed by atoms with E-state index in [0.29, 0.717) is 12.2 Å². The van der Waals surface area contributed by atoms with E-state index in [1.165, 1.54) is 0 Å². The molecule has 98 valence electrons. The fourth-order valence-electron chi connectivity index (χ4n) is 1.99. The number of nitrogens with one attached hydrogen (secondary N) is 2. The van der Waals surface area contributed by atoms with Crippen LogP contribution in [0.4, 0.5) is 0 Å². The summed E-state index contributed by atoms with van der Waals surface area (Å²) in [5.41, 5.74) is 0.663. The molecule has 0 saturated carbocycles. The van der Waals surface area contributed by atoms with Crippen LogP contribution in [0.5, 0.6) is 5.75 Å². The highest BCUT2D eigenvalue weighted by Crippen LogP contribution is 2.14. The summed E-state index contributed by atoms with van der Waals surface area (Å²) in [4.78, 5) is 12.0. The summed E-state index contributed by atoms with van der Waals surface area (Å²) in [6.45, 7) is 4.57. The molecule has 1 aromatic rings. The molecular formula is C14H20N2O2. The zero-order chi connectivity index (χ0) is 12.8. The third-order valence-electron chi connectivity index (χ3n) is 2.96. The summed E-state index contributed by atoms with van der Waals surface area (Å²) < 4.78 is 5.52. The van der Waals surface area contributed by atoms with Crippen molar-refractivity contribution in [2.24, 2.45) is 0 Å². The molecule has 0 aliphatic carbocycles. The van der Waals surface area contributed by atoms with Gasteiger partial charge in [0.25, 0.3) is 5.91 Å². The maximum Gasteiger partial charge on any atom is 0.251 e. The van der Waals surface area contributed by atoms with Gasteiger partial charge in [0.1, 0.15) is 5.75 Å². The van der Waals surface area contributed by atoms with Gasteiger partial charge in [0, 0.05) is 18.2 Å². The molecule has 2 N–H and O–H groups in total. The Bertz CT molecular complexity index is 401. The summed E-state index contributed by atoms with van der Waals surface area (Å²) in [5.74, 6) is 0.736. The Morgan fingerprint density at radius 3 is 3.17 bits per heavy atom. The summed E-state index contributed by atoms with van der Waals surface area (Å²) >= 11 is 0. The fourth-order valence-corrected chi connectivity index (χ4v) is 1.99. The Morgan fingerprint density at radius 2 is 2.44 bits per heavy atom. The predicted molar refractivity (Wildman–Crippen MR) is 71.0 cm³/mol. The van der Waals surface area contributed by atoms with Crippen LogP contribution in [0, 0.1) is 0 Å². The Morgan fingerprint density at radius 1 is 1.56 bits per heavy atom. The van der Waals surface area contributed by atoms with Crippen LogP contribution < -0.4 is 15.4 Å². The first-order valence-electron chi connectivity index (χ1n) is 6.54. The van der Waals surface area contributed by atoms with Crippen LogP contribution in [-0.4, -0.2) is 31.6 Å². The lowest BCUT2D eigenvalue weighted by molar-refractivity contribution is 0.0939. The Kier molecular flexibility index (Phi) is 4.59. The lowest BCUT2D eigenvalue weighted by atomic mass is 10.1. The minimum atomic E-state index is -0.0225. The van der Waals surface area contributed by atoms with Crippen LogP contribution in [0.15, 0.2) is 24.3 Å². The minimum absolute atomic E-state index is 0.0225. The van der Waals surface area contributed by atoms with E-state index in [9.17, 15) is 4.79 Å². The molecule has 1 aliphatic heterocycles. The fraction of sp³-hybridized carbons (Fsp3) is 0.500. The highest BCUT2D eigenvalue weighted by atomic mass is 16.5. The first-order chi connectivity index (χ1) is 8.79. The Hall–Kier alpha value is -1.55. The topological polar surface area (TPSA) is 50.4 Å². The van der Waals surface area contributed by atoms with Gasteiger partial charge < -0.3 is 15.4 Å². The molecule has 0 spiro atoms. The van der Waals surface area contributed by atoms with Crippen molar-refractivity contribution in [3.05, 3.63) is 29.8 Å². The van der Waals surface area contributed by atoms with E-state index in [1.807, 2.05) is 18.2 Å². The summed E-state index contributed by atoms with van der Waals surface area (Å²) in [6, 6.07) is 7.60. The second-order valence-electron chi connectivity index (χ2n) is 4.54. The van der Waals surface area contributed by atoms with Gasteiger partial charge in [-0.3, -0.25) is 4.79 Å². The van der Waals surface area contributed by atoms with E-state index in [4.69, 9.17) is 4.74 Å². The molecule has 1 fully saturated rings. The number of rotatable bonds is 5. The van der Waals surface area contributed by atoms with Crippen molar-refractivity contribution in [1.29, 1.82) is 0 Å². The second kappa shape index (κ2) is 6.40. The van der Waals surface area contributed by atoms with Gasteiger partial charge in [-0.2, -0.15) is 0 Å². The Balaban J connectivity index is 1.96. The smallest absolute Gasteiger partial charge is 0.251 e. The van der Waals surface area contributed by atoms with E-state index in [2.05, 4.69) is 17.6 Å². The lowest BCUT2D eigenvalue weighted by Crippen LogP contribution is -2.36. The largest absolute Gasteiger partial charge is 0.494 e. The zero-order valence-electron chi connectivity index (χ0n) is 10.7. The maximum atomic E-state index is 12.0. The summed E-state index contributed by atoms with van der Waals surface area (Å²) in [5, 5.41) is 6.25. The van der Waals surface area contributed by atoms with Crippen LogP contribution in [0.2, 0.25) is 0 Å². The third kappa shape index (κ3) is 3.47. The first-order valence-corrected chi connectivity index (χ1v) is 6.54. The van der Waals surface area contributed by atoms with Gasteiger partial charge in [-0.15, -0.1) is 0 Å². The number of hydrogen-bond acceptors (Lipinski definition) is 3. The standard InChI is InChI=1S/C14H20N2O2/c1-2-8-18-13-5-3-4-11(9-13)14(17)16-12-6-7-15-10-12/h3-5,9,12,15H,2,6-8,10H2,1H3,(H,16,17)/t12-/m0/s1. The van der Waals surface area contributed by atoms with E-state index < -0.39 is 0 Å². The molecule has 0 unspecified atom stereocenters. The van der Waals surface area contributed by atoms with Gasteiger partial charge in [-0.25, -0.2) is 0 Å². The molecule has 1 saturated heterocycles. The molecule has 1 amide bonds. The third-order valence-corrected chi connectivity index (χ3v) is 2.96. The molecule has 2 rings (SSSR count). The molecule has 18 heavy (non-hydrogen) atoms. The van der Waals surface area contributed by atoms with Crippen molar-refractivity contribution in [2.75, 3.05) is 19.7 Å². The van der Waals surface area contributed by atoms with Gasteiger partial charge >= 0.3 is 0 Å². The molecule has 0 aromatic heterocycles. The van der Waals surface area contributed by atoms with Crippen LogP contribution in [-0.2, 0) is 0 Å². The van der Waals surface area contributed by atoms with Crippen molar-refractivity contribution in [3.8, 4) is 5.75 Å². The lowest BCUT2D eigenvalue weighted by Gasteiger charge is -2.12. The predicted octanol–water partition coefficient (Wildman–Crippen LogP) is 1.57. The van der Waals surface area contributed by atoms with Gasteiger partial charge in [0.05, 0.1) is 6.61 Å². The van der Waals surface area contributed by atoms with Crippen molar-refractivity contribution in [1.82, 2.24) is 10.6 Å². The van der Waals surface area contributed by atoms with Crippen LogP contribution >= 0.6 is 0 Å². The van der Waals surface area contributed by atoms with Gasteiger partial charge in [-0.1, -0.05) is 13.0 Å². The molecule has 0 bridgehead atoms. The van der Waals surface area contributed by atoms with Gasteiger partial charge in [-0.05, 0) is 37.6 Å². The van der Waals surface area contributed by atoms with Crippen molar-refractivity contribution in [2.45, 2.75) is 25.8 Å². The normalized spacial score (nSPS) is 18.6. The van der Waals surface area contributed by atoms with Gasteiger partial charge in [0.2, 0.25) is 0 Å². The van der Waals surface area contributed by atoms with Crippen molar-refractivity contribution >= 4 is 5.91 Å². The van der Waals surface area contributed by atoms with E-state index in [-0.39, 0.29) is 11.9 Å². The quantitative estimate of drug-likeness (QED) is 0.831. The van der Waals surface area contributed by atoms with Crippen molar-refractivity contribution < 1.29 is 9.53 Å². The first kappa shape index (κ1) is 12.9. The Labute approximate surface area is 108 Å². The monoisotopic (exact) mass is 248 g/mol. The maximum absolute atomic E-state index is 12.0. The van der Waals surface area contributed by atoms with Gasteiger partial charge in [0.15, 0.2) is 0 Å². The second-order valence-corrected chi connectivity index (χ2v) is 4.54. The molecule has 4 heteroatoms. The summed E-state index contributed by atoms with van der Waals surface area (Å²) in [6.07, 6.45) is 1.96. The van der Waals surface area contributed by atoms with E-state index >= 15 is 0 Å². The number of amides is 1. The molecule has 1 heterocycles. The minimum Gasteiger partial charge on any atom is -0.494 e. The summed E-state index contributed by atoms with van der Waals surface area (Å²) in [7, 11) is 0. The van der Waals surface area contributed by atoms with Crippen LogP contribution in [0.25, 0.3) is 0 Å². The van der Waals surface area contributed by atoms with Crippen LogP contribution in [0.1, 0.15) is 30.1 Å². The molecule has 1 aliphatic rings. The highest BCUT2D eigenvalue weighted by molar-refractivity contribution is 5.94.